The van der Waals surface area contributed by atoms with E-state index in [1.807, 2.05) is 0 Å². The van der Waals surface area contributed by atoms with E-state index < -0.39 is 0 Å². The van der Waals surface area contributed by atoms with Crippen LogP contribution in [0.15, 0.2) is 12.2 Å². The molecule has 0 spiro atoms. The minimum atomic E-state index is 0.0480. The molecular formula is C11H20O. The van der Waals surface area contributed by atoms with Crippen LogP contribution in [0.25, 0.3) is 0 Å². The number of rotatable bonds is 3. The zero-order valence-corrected chi connectivity index (χ0v) is 8.47. The van der Waals surface area contributed by atoms with Gasteiger partial charge in [-0.05, 0) is 39.5 Å². The van der Waals surface area contributed by atoms with Crippen LogP contribution < -0.4 is 0 Å². The summed E-state index contributed by atoms with van der Waals surface area (Å²) in [5.74, 6) is 0. The Morgan fingerprint density at radius 2 is 2.25 bits per heavy atom. The van der Waals surface area contributed by atoms with Gasteiger partial charge in [0.25, 0.3) is 0 Å². The average molecular weight is 168 g/mol. The zero-order chi connectivity index (χ0) is 9.03. The summed E-state index contributed by atoms with van der Waals surface area (Å²) in [7, 11) is 0. The lowest BCUT2D eigenvalue weighted by Gasteiger charge is -2.29. The molecule has 0 amide bonds. The van der Waals surface area contributed by atoms with E-state index in [0.29, 0.717) is 6.10 Å². The maximum absolute atomic E-state index is 5.94. The van der Waals surface area contributed by atoms with Gasteiger partial charge in [0, 0.05) is 0 Å². The van der Waals surface area contributed by atoms with Gasteiger partial charge >= 0.3 is 0 Å². The first-order chi connectivity index (χ1) is 5.64. The zero-order valence-electron chi connectivity index (χ0n) is 8.47. The molecule has 0 N–H and O–H groups in total. The molecule has 1 heteroatoms. The van der Waals surface area contributed by atoms with Gasteiger partial charge in [0.2, 0.25) is 0 Å². The van der Waals surface area contributed by atoms with Crippen molar-refractivity contribution in [3.05, 3.63) is 12.2 Å². The van der Waals surface area contributed by atoms with Crippen LogP contribution in [-0.2, 0) is 4.74 Å². The van der Waals surface area contributed by atoms with Crippen molar-refractivity contribution in [2.75, 3.05) is 0 Å². The molecule has 1 atom stereocenters. The first kappa shape index (κ1) is 9.79. The molecule has 12 heavy (non-hydrogen) atoms. The predicted octanol–water partition coefficient (Wildman–Crippen LogP) is 3.30. The number of hydrogen-bond acceptors (Lipinski definition) is 1. The molecule has 0 saturated carbocycles. The van der Waals surface area contributed by atoms with E-state index in [1.165, 1.54) is 19.3 Å². The van der Waals surface area contributed by atoms with Gasteiger partial charge in [-0.25, -0.2) is 0 Å². The molecule has 0 radical (unpaired) electrons. The molecule has 0 heterocycles. The highest BCUT2D eigenvalue weighted by atomic mass is 16.5. The van der Waals surface area contributed by atoms with E-state index in [-0.39, 0.29) is 5.60 Å². The first-order valence-electron chi connectivity index (χ1n) is 4.98. The van der Waals surface area contributed by atoms with Crippen LogP contribution in [0, 0.1) is 0 Å². The van der Waals surface area contributed by atoms with Crippen molar-refractivity contribution in [1.82, 2.24) is 0 Å². The lowest BCUT2D eigenvalue weighted by atomic mass is 10.0. The quantitative estimate of drug-likeness (QED) is 0.587. The second kappa shape index (κ2) is 4.08. The molecule has 1 unspecified atom stereocenters. The third kappa shape index (κ3) is 2.98. The van der Waals surface area contributed by atoms with Crippen molar-refractivity contribution in [2.45, 2.75) is 58.2 Å². The minimum Gasteiger partial charge on any atom is -0.368 e. The molecular weight excluding hydrogens is 148 g/mol. The highest BCUT2D eigenvalue weighted by Crippen LogP contribution is 2.22. The van der Waals surface area contributed by atoms with Crippen molar-refractivity contribution in [1.29, 1.82) is 0 Å². The van der Waals surface area contributed by atoms with E-state index in [9.17, 15) is 0 Å². The number of allylic oxidation sites excluding steroid dienone is 1. The fourth-order valence-corrected chi connectivity index (χ4v) is 1.37. The minimum absolute atomic E-state index is 0.0480. The smallest absolute Gasteiger partial charge is 0.0763 e. The Bertz CT molecular complexity index is 158. The topological polar surface area (TPSA) is 9.23 Å². The Labute approximate surface area is 75.8 Å². The SMILES string of the molecule is CCC(C)(C)OC1C=CCCC1. The molecule has 1 nitrogen and oxygen atoms in total. The van der Waals surface area contributed by atoms with E-state index in [0.717, 1.165) is 6.42 Å². The summed E-state index contributed by atoms with van der Waals surface area (Å²) in [5.41, 5.74) is 0.0480. The molecule has 1 rings (SSSR count). The van der Waals surface area contributed by atoms with Crippen molar-refractivity contribution < 1.29 is 4.74 Å². The second-order valence-corrected chi connectivity index (χ2v) is 4.13. The molecule has 0 aromatic rings. The molecule has 0 aromatic heterocycles. The molecule has 0 fully saturated rings. The van der Waals surface area contributed by atoms with Crippen LogP contribution in [0.4, 0.5) is 0 Å². The Kier molecular flexibility index (Phi) is 3.33. The van der Waals surface area contributed by atoms with Crippen molar-refractivity contribution >= 4 is 0 Å². The van der Waals surface area contributed by atoms with E-state index >= 15 is 0 Å². The van der Waals surface area contributed by atoms with Gasteiger partial charge < -0.3 is 4.74 Å². The van der Waals surface area contributed by atoms with Gasteiger partial charge in [0.05, 0.1) is 11.7 Å². The van der Waals surface area contributed by atoms with Gasteiger partial charge in [-0.15, -0.1) is 0 Å². The highest BCUT2D eigenvalue weighted by Gasteiger charge is 2.20. The van der Waals surface area contributed by atoms with E-state index in [1.54, 1.807) is 0 Å². The van der Waals surface area contributed by atoms with E-state index in [4.69, 9.17) is 4.74 Å². The van der Waals surface area contributed by atoms with Crippen LogP contribution in [0.3, 0.4) is 0 Å². The van der Waals surface area contributed by atoms with Crippen LogP contribution in [0.5, 0.6) is 0 Å². The van der Waals surface area contributed by atoms with Crippen LogP contribution >= 0.6 is 0 Å². The van der Waals surface area contributed by atoms with Crippen molar-refractivity contribution in [2.24, 2.45) is 0 Å². The average Bonchev–Trinajstić information content (AvgIpc) is 2.06. The molecule has 70 valence electrons. The fraction of sp³-hybridized carbons (Fsp3) is 0.818. The summed E-state index contributed by atoms with van der Waals surface area (Å²) in [6.07, 6.45) is 9.60. The third-order valence-corrected chi connectivity index (χ3v) is 2.53. The van der Waals surface area contributed by atoms with Gasteiger partial charge in [0.15, 0.2) is 0 Å². The predicted molar refractivity (Wildman–Crippen MR) is 52.2 cm³/mol. The maximum atomic E-state index is 5.94. The summed E-state index contributed by atoms with van der Waals surface area (Å²) in [4.78, 5) is 0. The van der Waals surface area contributed by atoms with Gasteiger partial charge in [0.1, 0.15) is 0 Å². The number of hydrogen-bond donors (Lipinski definition) is 0. The van der Waals surface area contributed by atoms with Gasteiger partial charge in [-0.3, -0.25) is 0 Å². The Balaban J connectivity index is 2.39. The largest absolute Gasteiger partial charge is 0.368 e. The van der Waals surface area contributed by atoms with Gasteiger partial charge in [-0.2, -0.15) is 0 Å². The van der Waals surface area contributed by atoms with Gasteiger partial charge in [-0.1, -0.05) is 19.1 Å². The Morgan fingerprint density at radius 3 is 2.75 bits per heavy atom. The summed E-state index contributed by atoms with van der Waals surface area (Å²) >= 11 is 0. The van der Waals surface area contributed by atoms with Crippen LogP contribution in [-0.4, -0.2) is 11.7 Å². The molecule has 0 aromatic carbocycles. The Hall–Kier alpha value is -0.300. The number of ether oxygens (including phenoxy) is 1. The van der Waals surface area contributed by atoms with Crippen molar-refractivity contribution in [3.8, 4) is 0 Å². The summed E-state index contributed by atoms with van der Waals surface area (Å²) in [6, 6.07) is 0. The molecule has 0 saturated heterocycles. The monoisotopic (exact) mass is 168 g/mol. The Morgan fingerprint density at radius 1 is 1.50 bits per heavy atom. The van der Waals surface area contributed by atoms with Crippen LogP contribution in [0.1, 0.15) is 46.5 Å². The van der Waals surface area contributed by atoms with Crippen molar-refractivity contribution in [3.63, 3.8) is 0 Å². The molecule has 1 aliphatic rings. The third-order valence-electron chi connectivity index (χ3n) is 2.53. The molecule has 0 bridgehead atoms. The lowest BCUT2D eigenvalue weighted by Crippen LogP contribution is -2.29. The molecule has 0 aliphatic heterocycles. The van der Waals surface area contributed by atoms with Crippen LogP contribution in [0.2, 0.25) is 0 Å². The fourth-order valence-electron chi connectivity index (χ4n) is 1.37. The first-order valence-corrected chi connectivity index (χ1v) is 4.98. The lowest BCUT2D eigenvalue weighted by molar-refractivity contribution is -0.0577. The summed E-state index contributed by atoms with van der Waals surface area (Å²) < 4.78 is 5.94. The normalized spacial score (nSPS) is 24.4. The van der Waals surface area contributed by atoms with E-state index in [2.05, 4.69) is 32.9 Å². The molecule has 1 aliphatic carbocycles. The summed E-state index contributed by atoms with van der Waals surface area (Å²) in [5, 5.41) is 0. The highest BCUT2D eigenvalue weighted by molar-refractivity contribution is 4.95. The maximum Gasteiger partial charge on any atom is 0.0763 e. The second-order valence-electron chi connectivity index (χ2n) is 4.13. The summed E-state index contributed by atoms with van der Waals surface area (Å²) in [6.45, 7) is 6.50. The standard InChI is InChI=1S/C11H20O/c1-4-11(2,3)12-10-8-6-5-7-9-10/h6,8,10H,4-5,7,9H2,1-3H3.